The van der Waals surface area contributed by atoms with Crippen LogP contribution in [0, 0.1) is 19.8 Å². The summed E-state index contributed by atoms with van der Waals surface area (Å²) in [6.45, 7) is 11.9. The van der Waals surface area contributed by atoms with Crippen LogP contribution >= 0.6 is 11.3 Å². The van der Waals surface area contributed by atoms with Crippen molar-refractivity contribution >= 4 is 11.3 Å². The first-order valence-electron chi connectivity index (χ1n) is 5.70. The summed E-state index contributed by atoms with van der Waals surface area (Å²) in [7, 11) is 0. The Morgan fingerprint density at radius 1 is 1.33 bits per heavy atom. The van der Waals surface area contributed by atoms with E-state index in [4.69, 9.17) is 0 Å². The topological polar surface area (TPSA) is 24.9 Å². The molecule has 0 saturated carbocycles. The Bertz CT molecular complexity index is 307. The van der Waals surface area contributed by atoms with E-state index in [9.17, 15) is 0 Å². The van der Waals surface area contributed by atoms with Gasteiger partial charge in [-0.25, -0.2) is 4.98 Å². The van der Waals surface area contributed by atoms with Crippen molar-refractivity contribution in [2.75, 3.05) is 0 Å². The van der Waals surface area contributed by atoms with Crippen LogP contribution in [-0.2, 0) is 6.54 Å². The molecule has 0 aliphatic carbocycles. The van der Waals surface area contributed by atoms with Crippen LogP contribution in [-0.4, -0.2) is 11.0 Å². The van der Waals surface area contributed by atoms with Gasteiger partial charge in [-0.3, -0.25) is 0 Å². The van der Waals surface area contributed by atoms with E-state index in [1.54, 1.807) is 11.3 Å². The van der Waals surface area contributed by atoms with Gasteiger partial charge in [0.2, 0.25) is 0 Å². The van der Waals surface area contributed by atoms with Gasteiger partial charge >= 0.3 is 0 Å². The van der Waals surface area contributed by atoms with Crippen LogP contribution in [0.15, 0.2) is 0 Å². The second kappa shape index (κ2) is 5.61. The molecule has 2 unspecified atom stereocenters. The van der Waals surface area contributed by atoms with Crippen LogP contribution in [0.5, 0.6) is 0 Å². The SMILES string of the molecule is CCC(C)C(C)NCc1sc(C)nc1C. The molecule has 1 heterocycles. The van der Waals surface area contributed by atoms with Crippen molar-refractivity contribution in [3.05, 3.63) is 15.6 Å². The van der Waals surface area contributed by atoms with Crippen molar-refractivity contribution in [2.45, 2.75) is 53.6 Å². The maximum atomic E-state index is 4.43. The van der Waals surface area contributed by atoms with Crippen molar-refractivity contribution in [3.8, 4) is 0 Å². The Labute approximate surface area is 97.1 Å². The molecule has 1 aromatic heterocycles. The van der Waals surface area contributed by atoms with Crippen molar-refractivity contribution in [3.63, 3.8) is 0 Å². The van der Waals surface area contributed by atoms with Gasteiger partial charge in [-0.1, -0.05) is 20.3 Å². The van der Waals surface area contributed by atoms with Crippen LogP contribution in [0.1, 0.15) is 42.8 Å². The van der Waals surface area contributed by atoms with Gasteiger partial charge in [0.1, 0.15) is 0 Å². The Morgan fingerprint density at radius 2 is 2.00 bits per heavy atom. The Balaban J connectivity index is 2.46. The summed E-state index contributed by atoms with van der Waals surface area (Å²) >= 11 is 1.80. The summed E-state index contributed by atoms with van der Waals surface area (Å²) in [5.41, 5.74) is 1.18. The van der Waals surface area contributed by atoms with Gasteiger partial charge in [0.15, 0.2) is 0 Å². The van der Waals surface area contributed by atoms with Gasteiger partial charge in [0, 0.05) is 17.5 Å². The zero-order chi connectivity index (χ0) is 11.4. The Kier molecular flexibility index (Phi) is 4.74. The van der Waals surface area contributed by atoms with Gasteiger partial charge in [-0.05, 0) is 26.7 Å². The molecule has 15 heavy (non-hydrogen) atoms. The smallest absolute Gasteiger partial charge is 0.0900 e. The normalized spacial score (nSPS) is 15.3. The van der Waals surface area contributed by atoms with Crippen LogP contribution in [0.4, 0.5) is 0 Å². The number of nitrogens with one attached hydrogen (secondary N) is 1. The first kappa shape index (κ1) is 12.7. The lowest BCUT2D eigenvalue weighted by Gasteiger charge is -2.19. The first-order chi connectivity index (χ1) is 7.04. The molecule has 0 aliphatic rings. The molecule has 0 radical (unpaired) electrons. The van der Waals surface area contributed by atoms with E-state index in [1.165, 1.54) is 22.0 Å². The van der Waals surface area contributed by atoms with Crippen LogP contribution < -0.4 is 5.32 Å². The second-order valence-corrected chi connectivity index (χ2v) is 5.58. The predicted octanol–water partition coefficient (Wildman–Crippen LogP) is 3.28. The summed E-state index contributed by atoms with van der Waals surface area (Å²) in [4.78, 5) is 5.81. The molecule has 1 aromatic rings. The average molecular weight is 226 g/mol. The minimum atomic E-state index is 0.580. The van der Waals surface area contributed by atoms with Crippen molar-refractivity contribution < 1.29 is 0 Å². The third kappa shape index (κ3) is 3.58. The minimum Gasteiger partial charge on any atom is -0.309 e. The fourth-order valence-corrected chi connectivity index (χ4v) is 2.43. The van der Waals surface area contributed by atoms with E-state index >= 15 is 0 Å². The number of thiazole rings is 1. The molecule has 0 aromatic carbocycles. The average Bonchev–Trinajstić information content (AvgIpc) is 2.52. The molecule has 0 aliphatic heterocycles. The molecule has 0 fully saturated rings. The Morgan fingerprint density at radius 3 is 2.47 bits per heavy atom. The van der Waals surface area contributed by atoms with Gasteiger partial charge in [-0.15, -0.1) is 11.3 Å². The summed E-state index contributed by atoms with van der Waals surface area (Å²) in [5.74, 6) is 0.735. The molecule has 2 atom stereocenters. The van der Waals surface area contributed by atoms with E-state index < -0.39 is 0 Å². The molecule has 0 bridgehead atoms. The number of nitrogens with zero attached hydrogens (tertiary/aromatic N) is 1. The lowest BCUT2D eigenvalue weighted by atomic mass is 10.0. The molecular weight excluding hydrogens is 204 g/mol. The standard InChI is InChI=1S/C12H22N2S/c1-6-8(2)9(3)13-7-12-10(4)14-11(5)15-12/h8-9,13H,6-7H2,1-5H3. The third-order valence-electron chi connectivity index (χ3n) is 3.08. The quantitative estimate of drug-likeness (QED) is 0.833. The van der Waals surface area contributed by atoms with Crippen molar-refractivity contribution in [1.29, 1.82) is 0 Å². The maximum absolute atomic E-state index is 4.43. The number of hydrogen-bond acceptors (Lipinski definition) is 3. The van der Waals surface area contributed by atoms with Crippen LogP contribution in [0.2, 0.25) is 0 Å². The van der Waals surface area contributed by atoms with E-state index in [0.717, 1.165) is 12.5 Å². The van der Waals surface area contributed by atoms with Gasteiger partial charge in [-0.2, -0.15) is 0 Å². The first-order valence-corrected chi connectivity index (χ1v) is 6.52. The largest absolute Gasteiger partial charge is 0.309 e. The van der Waals surface area contributed by atoms with E-state index in [2.05, 4.69) is 44.9 Å². The summed E-state index contributed by atoms with van der Waals surface area (Å²) in [6.07, 6.45) is 1.23. The molecule has 1 N–H and O–H groups in total. The molecule has 1 rings (SSSR count). The molecule has 86 valence electrons. The van der Waals surface area contributed by atoms with Crippen molar-refractivity contribution in [1.82, 2.24) is 10.3 Å². The zero-order valence-electron chi connectivity index (χ0n) is 10.4. The van der Waals surface area contributed by atoms with Gasteiger partial charge in [0.25, 0.3) is 0 Å². The number of hydrogen-bond donors (Lipinski definition) is 1. The van der Waals surface area contributed by atoms with Crippen LogP contribution in [0.25, 0.3) is 0 Å². The summed E-state index contributed by atoms with van der Waals surface area (Å²) in [6, 6.07) is 0.580. The van der Waals surface area contributed by atoms with Crippen molar-refractivity contribution in [2.24, 2.45) is 5.92 Å². The van der Waals surface area contributed by atoms with Gasteiger partial charge < -0.3 is 5.32 Å². The lowest BCUT2D eigenvalue weighted by molar-refractivity contribution is 0.390. The zero-order valence-corrected chi connectivity index (χ0v) is 11.2. The predicted molar refractivity (Wildman–Crippen MR) is 67.3 cm³/mol. The molecule has 0 amide bonds. The highest BCUT2D eigenvalue weighted by molar-refractivity contribution is 7.11. The van der Waals surface area contributed by atoms with E-state index in [0.29, 0.717) is 6.04 Å². The Hall–Kier alpha value is -0.410. The molecular formula is C12H22N2S. The molecule has 2 nitrogen and oxygen atoms in total. The number of aromatic nitrogens is 1. The third-order valence-corrected chi connectivity index (χ3v) is 4.15. The summed E-state index contributed by atoms with van der Waals surface area (Å²) in [5, 5.41) is 4.74. The highest BCUT2D eigenvalue weighted by atomic mass is 32.1. The van der Waals surface area contributed by atoms with E-state index in [1.807, 2.05) is 0 Å². The maximum Gasteiger partial charge on any atom is 0.0900 e. The fraction of sp³-hybridized carbons (Fsp3) is 0.750. The highest BCUT2D eigenvalue weighted by Crippen LogP contribution is 2.17. The second-order valence-electron chi connectivity index (χ2n) is 4.30. The fourth-order valence-electron chi connectivity index (χ4n) is 1.55. The molecule has 0 spiro atoms. The molecule has 0 saturated heterocycles. The highest BCUT2D eigenvalue weighted by Gasteiger charge is 2.11. The summed E-state index contributed by atoms with van der Waals surface area (Å²) < 4.78 is 0. The number of rotatable bonds is 5. The van der Waals surface area contributed by atoms with Gasteiger partial charge in [0.05, 0.1) is 10.7 Å². The minimum absolute atomic E-state index is 0.580. The van der Waals surface area contributed by atoms with Crippen LogP contribution in [0.3, 0.4) is 0 Å². The number of aryl methyl sites for hydroxylation is 2. The lowest BCUT2D eigenvalue weighted by Crippen LogP contribution is -2.31. The monoisotopic (exact) mass is 226 g/mol. The van der Waals surface area contributed by atoms with E-state index in [-0.39, 0.29) is 0 Å². The molecule has 3 heteroatoms.